The molecule has 0 radical (unpaired) electrons. The maximum absolute atomic E-state index is 11.2. The van der Waals surface area contributed by atoms with Crippen LogP contribution in [-0.2, 0) is 4.79 Å². The van der Waals surface area contributed by atoms with Crippen LogP contribution in [0.25, 0.3) is 0 Å². The van der Waals surface area contributed by atoms with Crippen molar-refractivity contribution in [1.82, 2.24) is 0 Å². The van der Waals surface area contributed by atoms with Gasteiger partial charge < -0.3 is 10.2 Å². The second-order valence-electron chi connectivity index (χ2n) is 5.04. The van der Waals surface area contributed by atoms with Gasteiger partial charge >= 0.3 is 5.97 Å². The zero-order valence-corrected chi connectivity index (χ0v) is 9.84. The molecule has 3 heteroatoms. The number of carboxylic acid groups (broad SMARTS) is 1. The Labute approximate surface area is 95.7 Å². The first-order valence-corrected chi connectivity index (χ1v) is 5.30. The van der Waals surface area contributed by atoms with E-state index in [2.05, 4.69) is 0 Å². The van der Waals surface area contributed by atoms with Crippen molar-refractivity contribution in [2.24, 2.45) is 5.41 Å². The molecule has 0 saturated carbocycles. The number of aliphatic hydroxyl groups excluding tert-OH is 1. The summed E-state index contributed by atoms with van der Waals surface area (Å²) in [6, 6.07) is 8.84. The third-order valence-electron chi connectivity index (χ3n) is 2.63. The fourth-order valence-electron chi connectivity index (χ4n) is 1.62. The minimum Gasteiger partial charge on any atom is -0.481 e. The summed E-state index contributed by atoms with van der Waals surface area (Å²) in [5.41, 5.74) is 0.177. The second kappa shape index (κ2) is 4.66. The Morgan fingerprint density at radius 2 is 1.69 bits per heavy atom. The molecule has 0 aliphatic carbocycles. The zero-order valence-electron chi connectivity index (χ0n) is 9.84. The molecule has 0 fully saturated rings. The average Bonchev–Trinajstić information content (AvgIpc) is 2.17. The largest absolute Gasteiger partial charge is 0.481 e. The van der Waals surface area contributed by atoms with Crippen LogP contribution in [0.15, 0.2) is 30.3 Å². The molecule has 3 nitrogen and oxygen atoms in total. The van der Waals surface area contributed by atoms with Crippen molar-refractivity contribution < 1.29 is 15.0 Å². The monoisotopic (exact) mass is 222 g/mol. The van der Waals surface area contributed by atoms with Crippen molar-refractivity contribution in [3.63, 3.8) is 0 Å². The normalized spacial score (nSPS) is 15.5. The summed E-state index contributed by atoms with van der Waals surface area (Å²) in [5, 5.41) is 19.3. The van der Waals surface area contributed by atoms with E-state index >= 15 is 0 Å². The average molecular weight is 222 g/mol. The molecule has 0 aromatic heterocycles. The molecule has 2 atom stereocenters. The predicted molar refractivity (Wildman–Crippen MR) is 62.3 cm³/mol. The van der Waals surface area contributed by atoms with Gasteiger partial charge in [0, 0.05) is 0 Å². The summed E-state index contributed by atoms with van der Waals surface area (Å²) >= 11 is 0. The Balaban J connectivity index is 3.07. The van der Waals surface area contributed by atoms with Crippen molar-refractivity contribution in [2.45, 2.75) is 32.8 Å². The zero-order chi connectivity index (χ0) is 12.3. The van der Waals surface area contributed by atoms with Crippen molar-refractivity contribution in [3.05, 3.63) is 35.9 Å². The molecule has 0 aliphatic heterocycles. The molecule has 88 valence electrons. The lowest BCUT2D eigenvalue weighted by atomic mass is 9.78. The lowest BCUT2D eigenvalue weighted by Crippen LogP contribution is -2.36. The van der Waals surface area contributed by atoms with Gasteiger partial charge in [-0.25, -0.2) is 0 Å². The SMILES string of the molecule is CC(C)(C)[C@H](O)[C@@H](C(=O)O)c1ccccc1. The third-order valence-corrected chi connectivity index (χ3v) is 2.63. The van der Waals surface area contributed by atoms with E-state index in [0.29, 0.717) is 5.56 Å². The van der Waals surface area contributed by atoms with E-state index in [1.54, 1.807) is 24.3 Å². The Morgan fingerprint density at radius 1 is 1.19 bits per heavy atom. The van der Waals surface area contributed by atoms with Gasteiger partial charge in [0.15, 0.2) is 0 Å². The fraction of sp³-hybridized carbons (Fsp3) is 0.462. The van der Waals surface area contributed by atoms with Crippen LogP contribution in [0.2, 0.25) is 0 Å². The van der Waals surface area contributed by atoms with E-state index in [-0.39, 0.29) is 0 Å². The number of hydrogen-bond donors (Lipinski definition) is 2. The number of carbonyl (C=O) groups is 1. The van der Waals surface area contributed by atoms with E-state index < -0.39 is 23.4 Å². The van der Waals surface area contributed by atoms with Crippen LogP contribution >= 0.6 is 0 Å². The highest BCUT2D eigenvalue weighted by Gasteiger charge is 2.36. The van der Waals surface area contributed by atoms with Gasteiger partial charge in [0.05, 0.1) is 6.10 Å². The molecule has 0 bridgehead atoms. The van der Waals surface area contributed by atoms with Gasteiger partial charge in [0.2, 0.25) is 0 Å². The molecule has 1 rings (SSSR count). The van der Waals surface area contributed by atoms with Gasteiger partial charge in [0.25, 0.3) is 0 Å². The molecule has 0 heterocycles. The highest BCUT2D eigenvalue weighted by atomic mass is 16.4. The molecule has 0 saturated heterocycles. The smallest absolute Gasteiger partial charge is 0.313 e. The first kappa shape index (κ1) is 12.7. The number of benzene rings is 1. The molecule has 0 unspecified atom stereocenters. The van der Waals surface area contributed by atoms with Crippen LogP contribution in [-0.4, -0.2) is 22.3 Å². The quantitative estimate of drug-likeness (QED) is 0.824. The molecular weight excluding hydrogens is 204 g/mol. The van der Waals surface area contributed by atoms with E-state index in [0.717, 1.165) is 0 Å². The van der Waals surface area contributed by atoms with Crippen molar-refractivity contribution in [3.8, 4) is 0 Å². The molecule has 16 heavy (non-hydrogen) atoms. The third kappa shape index (κ3) is 2.83. The second-order valence-corrected chi connectivity index (χ2v) is 5.04. The Kier molecular flexibility index (Phi) is 3.70. The van der Waals surface area contributed by atoms with E-state index in [1.807, 2.05) is 26.8 Å². The van der Waals surface area contributed by atoms with Crippen molar-refractivity contribution in [1.29, 1.82) is 0 Å². The molecule has 1 aromatic carbocycles. The Morgan fingerprint density at radius 3 is 2.06 bits per heavy atom. The highest BCUT2D eigenvalue weighted by molar-refractivity contribution is 5.77. The molecular formula is C13H18O3. The highest BCUT2D eigenvalue weighted by Crippen LogP contribution is 2.31. The Hall–Kier alpha value is -1.35. The fourth-order valence-corrected chi connectivity index (χ4v) is 1.62. The van der Waals surface area contributed by atoms with Gasteiger partial charge in [-0.15, -0.1) is 0 Å². The van der Waals surface area contributed by atoms with Crippen LogP contribution in [0.3, 0.4) is 0 Å². The standard InChI is InChI=1S/C13H18O3/c1-13(2,3)11(14)10(12(15)16)9-7-5-4-6-8-9/h4-8,10-11,14H,1-3H3,(H,15,16)/t10-,11+/m0/s1. The molecule has 1 aromatic rings. The topological polar surface area (TPSA) is 57.5 Å². The number of hydrogen-bond acceptors (Lipinski definition) is 2. The van der Waals surface area contributed by atoms with Gasteiger partial charge in [-0.3, -0.25) is 4.79 Å². The lowest BCUT2D eigenvalue weighted by Gasteiger charge is -2.30. The summed E-state index contributed by atoms with van der Waals surface area (Å²) in [5.74, 6) is -1.87. The van der Waals surface area contributed by atoms with Gasteiger partial charge in [0.1, 0.15) is 5.92 Å². The maximum Gasteiger partial charge on any atom is 0.313 e. The summed E-state index contributed by atoms with van der Waals surface area (Å²) < 4.78 is 0. The summed E-state index contributed by atoms with van der Waals surface area (Å²) in [4.78, 5) is 11.2. The first-order chi connectivity index (χ1) is 7.34. The molecule has 2 N–H and O–H groups in total. The lowest BCUT2D eigenvalue weighted by molar-refractivity contribution is -0.143. The van der Waals surface area contributed by atoms with Crippen LogP contribution in [0.5, 0.6) is 0 Å². The number of aliphatic hydroxyl groups is 1. The molecule has 0 aliphatic rings. The Bertz CT molecular complexity index is 351. The summed E-state index contributed by atoms with van der Waals surface area (Å²) in [6.07, 6.45) is -0.910. The van der Waals surface area contributed by atoms with Gasteiger partial charge in [-0.1, -0.05) is 51.1 Å². The molecule has 0 amide bonds. The number of rotatable bonds is 3. The first-order valence-electron chi connectivity index (χ1n) is 5.30. The van der Waals surface area contributed by atoms with E-state index in [4.69, 9.17) is 0 Å². The van der Waals surface area contributed by atoms with Gasteiger partial charge in [-0.05, 0) is 11.0 Å². The van der Waals surface area contributed by atoms with E-state index in [9.17, 15) is 15.0 Å². The minimum atomic E-state index is -0.992. The number of aliphatic carboxylic acids is 1. The van der Waals surface area contributed by atoms with Crippen LogP contribution in [0.4, 0.5) is 0 Å². The van der Waals surface area contributed by atoms with E-state index in [1.165, 1.54) is 0 Å². The molecule has 0 spiro atoms. The van der Waals surface area contributed by atoms with Crippen LogP contribution in [0.1, 0.15) is 32.3 Å². The minimum absolute atomic E-state index is 0.459. The van der Waals surface area contributed by atoms with Crippen molar-refractivity contribution in [2.75, 3.05) is 0 Å². The maximum atomic E-state index is 11.2. The van der Waals surface area contributed by atoms with Crippen LogP contribution < -0.4 is 0 Å². The van der Waals surface area contributed by atoms with Gasteiger partial charge in [-0.2, -0.15) is 0 Å². The summed E-state index contributed by atoms with van der Waals surface area (Å²) in [7, 11) is 0. The summed E-state index contributed by atoms with van der Waals surface area (Å²) in [6.45, 7) is 5.49. The van der Waals surface area contributed by atoms with Crippen molar-refractivity contribution >= 4 is 5.97 Å². The van der Waals surface area contributed by atoms with Crippen LogP contribution in [0, 0.1) is 5.41 Å². The number of carboxylic acids is 1. The predicted octanol–water partition coefficient (Wildman–Crippen LogP) is 2.26.